The summed E-state index contributed by atoms with van der Waals surface area (Å²) < 4.78 is 0. The topological polar surface area (TPSA) is 88.2 Å². The van der Waals surface area contributed by atoms with Gasteiger partial charge in [-0.15, -0.1) is 0 Å². The van der Waals surface area contributed by atoms with Crippen molar-refractivity contribution in [1.82, 2.24) is 10.3 Å². The molecular weight excluding hydrogens is 230 g/mol. The molecule has 1 aliphatic rings. The number of aliphatic hydroxyl groups is 1. The molecule has 4 N–H and O–H groups in total. The predicted molar refractivity (Wildman–Crippen MR) is 68.9 cm³/mol. The second-order valence-corrected chi connectivity index (χ2v) is 4.84. The molecule has 1 aromatic heterocycles. The van der Waals surface area contributed by atoms with E-state index in [1.165, 1.54) is 0 Å². The van der Waals surface area contributed by atoms with Gasteiger partial charge in [-0.3, -0.25) is 4.79 Å². The Morgan fingerprint density at radius 3 is 3.11 bits per heavy atom. The number of aromatic nitrogens is 1. The van der Waals surface area contributed by atoms with E-state index in [1.807, 2.05) is 0 Å². The van der Waals surface area contributed by atoms with Crippen molar-refractivity contribution in [2.75, 3.05) is 12.3 Å². The van der Waals surface area contributed by atoms with Crippen molar-refractivity contribution in [3.8, 4) is 0 Å². The quantitative estimate of drug-likeness (QED) is 0.744. The fourth-order valence-corrected chi connectivity index (χ4v) is 2.38. The van der Waals surface area contributed by atoms with Crippen LogP contribution in [0.25, 0.3) is 0 Å². The zero-order valence-electron chi connectivity index (χ0n) is 10.3. The maximum atomic E-state index is 11.9. The minimum atomic E-state index is -0.242. The monoisotopic (exact) mass is 249 g/mol. The lowest BCUT2D eigenvalue weighted by Gasteiger charge is -2.25. The van der Waals surface area contributed by atoms with Crippen LogP contribution >= 0.6 is 0 Å². The summed E-state index contributed by atoms with van der Waals surface area (Å²) in [7, 11) is 0. The van der Waals surface area contributed by atoms with Crippen LogP contribution in [-0.4, -0.2) is 28.6 Å². The molecule has 1 saturated carbocycles. The predicted octanol–water partition coefficient (Wildman–Crippen LogP) is 0.945. The summed E-state index contributed by atoms with van der Waals surface area (Å²) in [6.07, 6.45) is 5.04. The molecule has 0 radical (unpaired) electrons. The van der Waals surface area contributed by atoms with Crippen LogP contribution < -0.4 is 11.1 Å². The Labute approximate surface area is 106 Å². The van der Waals surface area contributed by atoms with Crippen molar-refractivity contribution in [2.24, 2.45) is 5.92 Å². The van der Waals surface area contributed by atoms with Gasteiger partial charge >= 0.3 is 0 Å². The molecule has 0 aliphatic heterocycles. The van der Waals surface area contributed by atoms with Crippen molar-refractivity contribution in [1.29, 1.82) is 0 Å². The highest BCUT2D eigenvalue weighted by Crippen LogP contribution is 2.23. The smallest absolute Gasteiger partial charge is 0.272 e. The standard InChI is InChI=1S/C13H19N3O2/c14-11-5-2-6-15-12(11)13(18)16-8-9-3-1-4-10(17)7-9/h2,5-6,9-10,17H,1,3-4,7-8,14H2,(H,16,18). The number of nitrogens with two attached hydrogens (primary N) is 1. The first kappa shape index (κ1) is 12.8. The molecule has 2 rings (SSSR count). The number of rotatable bonds is 3. The van der Waals surface area contributed by atoms with E-state index in [0.29, 0.717) is 18.2 Å². The van der Waals surface area contributed by atoms with E-state index in [-0.39, 0.29) is 17.7 Å². The molecule has 1 aliphatic carbocycles. The molecule has 2 atom stereocenters. The zero-order valence-corrected chi connectivity index (χ0v) is 10.3. The number of amides is 1. The third-order valence-corrected chi connectivity index (χ3v) is 3.36. The maximum Gasteiger partial charge on any atom is 0.272 e. The Balaban J connectivity index is 1.87. The fraction of sp³-hybridized carbons (Fsp3) is 0.538. The summed E-state index contributed by atoms with van der Waals surface area (Å²) >= 11 is 0. The van der Waals surface area contributed by atoms with Crippen LogP contribution in [-0.2, 0) is 0 Å². The minimum Gasteiger partial charge on any atom is -0.397 e. The van der Waals surface area contributed by atoms with Crippen LogP contribution in [0.3, 0.4) is 0 Å². The second kappa shape index (κ2) is 5.82. The molecular formula is C13H19N3O2. The van der Waals surface area contributed by atoms with Gasteiger partial charge in [0.2, 0.25) is 0 Å². The van der Waals surface area contributed by atoms with Crippen LogP contribution in [0.15, 0.2) is 18.3 Å². The molecule has 2 unspecified atom stereocenters. The lowest BCUT2D eigenvalue weighted by molar-refractivity contribution is 0.0871. The number of hydrogen-bond acceptors (Lipinski definition) is 4. The van der Waals surface area contributed by atoms with Crippen molar-refractivity contribution < 1.29 is 9.90 Å². The minimum absolute atomic E-state index is 0.222. The SMILES string of the molecule is Nc1cccnc1C(=O)NCC1CCCC(O)C1. The summed E-state index contributed by atoms with van der Waals surface area (Å²) in [5.41, 5.74) is 6.35. The number of hydrogen-bond donors (Lipinski definition) is 3. The van der Waals surface area contributed by atoms with Crippen LogP contribution in [0.1, 0.15) is 36.2 Å². The van der Waals surface area contributed by atoms with Gasteiger partial charge in [0.1, 0.15) is 0 Å². The molecule has 5 nitrogen and oxygen atoms in total. The van der Waals surface area contributed by atoms with Crippen molar-refractivity contribution in [3.63, 3.8) is 0 Å². The van der Waals surface area contributed by atoms with Gasteiger partial charge in [0, 0.05) is 12.7 Å². The Hall–Kier alpha value is -1.62. The van der Waals surface area contributed by atoms with Gasteiger partial charge in [-0.1, -0.05) is 6.42 Å². The van der Waals surface area contributed by atoms with Crippen molar-refractivity contribution in [3.05, 3.63) is 24.0 Å². The third kappa shape index (κ3) is 3.20. The number of carbonyl (C=O) groups excluding carboxylic acids is 1. The van der Waals surface area contributed by atoms with Gasteiger partial charge in [0.15, 0.2) is 5.69 Å². The Kier molecular flexibility index (Phi) is 4.15. The first-order chi connectivity index (χ1) is 8.66. The lowest BCUT2D eigenvalue weighted by Crippen LogP contribution is -2.33. The maximum absolute atomic E-state index is 11.9. The van der Waals surface area contributed by atoms with E-state index in [4.69, 9.17) is 5.73 Å². The number of nitrogen functional groups attached to an aromatic ring is 1. The Bertz CT molecular complexity index is 422. The first-order valence-corrected chi connectivity index (χ1v) is 6.33. The van der Waals surface area contributed by atoms with Crippen molar-refractivity contribution in [2.45, 2.75) is 31.8 Å². The van der Waals surface area contributed by atoms with Gasteiger partial charge in [0.05, 0.1) is 11.8 Å². The van der Waals surface area contributed by atoms with Gasteiger partial charge < -0.3 is 16.2 Å². The van der Waals surface area contributed by atoms with E-state index in [1.54, 1.807) is 18.3 Å². The van der Waals surface area contributed by atoms with E-state index < -0.39 is 0 Å². The number of carbonyl (C=O) groups is 1. The highest BCUT2D eigenvalue weighted by Gasteiger charge is 2.21. The molecule has 18 heavy (non-hydrogen) atoms. The van der Waals surface area contributed by atoms with E-state index in [2.05, 4.69) is 10.3 Å². The number of pyridine rings is 1. The number of anilines is 1. The molecule has 1 heterocycles. The number of aliphatic hydroxyl groups excluding tert-OH is 1. The Morgan fingerprint density at radius 1 is 1.56 bits per heavy atom. The van der Waals surface area contributed by atoms with Crippen LogP contribution in [0.5, 0.6) is 0 Å². The van der Waals surface area contributed by atoms with Gasteiger partial charge in [-0.25, -0.2) is 4.98 Å². The van der Waals surface area contributed by atoms with Gasteiger partial charge in [-0.05, 0) is 37.3 Å². The molecule has 5 heteroatoms. The largest absolute Gasteiger partial charge is 0.397 e. The molecule has 0 spiro atoms. The Morgan fingerprint density at radius 2 is 2.39 bits per heavy atom. The van der Waals surface area contributed by atoms with E-state index in [9.17, 15) is 9.90 Å². The summed E-state index contributed by atoms with van der Waals surface area (Å²) in [4.78, 5) is 15.8. The highest BCUT2D eigenvalue weighted by molar-refractivity contribution is 5.96. The van der Waals surface area contributed by atoms with Gasteiger partial charge in [0.25, 0.3) is 5.91 Å². The van der Waals surface area contributed by atoms with E-state index in [0.717, 1.165) is 25.7 Å². The summed E-state index contributed by atoms with van der Waals surface area (Å²) in [5.74, 6) is 0.107. The molecule has 0 aromatic carbocycles. The molecule has 98 valence electrons. The fourth-order valence-electron chi connectivity index (χ4n) is 2.38. The molecule has 0 saturated heterocycles. The molecule has 1 fully saturated rings. The normalized spacial score (nSPS) is 23.6. The summed E-state index contributed by atoms with van der Waals surface area (Å²) in [6.45, 7) is 0.575. The van der Waals surface area contributed by atoms with Crippen LogP contribution in [0, 0.1) is 5.92 Å². The zero-order chi connectivity index (χ0) is 13.0. The number of nitrogens with one attached hydrogen (secondary N) is 1. The average Bonchev–Trinajstić information content (AvgIpc) is 2.37. The van der Waals surface area contributed by atoms with Gasteiger partial charge in [-0.2, -0.15) is 0 Å². The summed E-state index contributed by atoms with van der Waals surface area (Å²) in [5, 5.41) is 12.4. The summed E-state index contributed by atoms with van der Waals surface area (Å²) in [6, 6.07) is 3.36. The first-order valence-electron chi connectivity index (χ1n) is 6.33. The second-order valence-electron chi connectivity index (χ2n) is 4.84. The van der Waals surface area contributed by atoms with Crippen LogP contribution in [0.4, 0.5) is 5.69 Å². The van der Waals surface area contributed by atoms with Crippen LogP contribution in [0.2, 0.25) is 0 Å². The van der Waals surface area contributed by atoms with Crippen molar-refractivity contribution >= 4 is 11.6 Å². The molecule has 0 bridgehead atoms. The molecule has 1 aromatic rings. The van der Waals surface area contributed by atoms with E-state index >= 15 is 0 Å². The molecule has 1 amide bonds. The third-order valence-electron chi connectivity index (χ3n) is 3.36. The highest BCUT2D eigenvalue weighted by atomic mass is 16.3. The average molecular weight is 249 g/mol. The number of nitrogens with zero attached hydrogens (tertiary/aromatic N) is 1. The lowest BCUT2D eigenvalue weighted by atomic mass is 9.87.